The highest BCUT2D eigenvalue weighted by Crippen LogP contribution is 2.25. The van der Waals surface area contributed by atoms with Gasteiger partial charge in [0.05, 0.1) is 29.0 Å². The topological polar surface area (TPSA) is 117 Å². The first kappa shape index (κ1) is 20.4. The Bertz CT molecular complexity index is 1210. The molecule has 0 saturated carbocycles. The SMILES string of the molecule is C=Cc1n[nH]c2ncc(NC(=O)c3c(F)ccc(NS(=O)(=O)CCC)c3F)cc12. The van der Waals surface area contributed by atoms with Crippen molar-refractivity contribution in [2.45, 2.75) is 13.3 Å². The number of pyridine rings is 1. The monoisotopic (exact) mass is 421 g/mol. The van der Waals surface area contributed by atoms with Crippen molar-refractivity contribution in [2.24, 2.45) is 0 Å². The van der Waals surface area contributed by atoms with Crippen LogP contribution in [0.4, 0.5) is 20.2 Å². The molecule has 0 aliphatic carbocycles. The lowest BCUT2D eigenvalue weighted by Gasteiger charge is -2.12. The molecule has 0 unspecified atom stereocenters. The normalized spacial score (nSPS) is 11.4. The van der Waals surface area contributed by atoms with Crippen molar-refractivity contribution in [3.05, 3.63) is 53.9 Å². The number of hydrogen-bond acceptors (Lipinski definition) is 5. The molecular formula is C18H17F2N5O3S. The lowest BCUT2D eigenvalue weighted by atomic mass is 10.1. The van der Waals surface area contributed by atoms with Crippen LogP contribution in [0, 0.1) is 11.6 Å². The molecule has 3 rings (SSSR count). The number of rotatable bonds is 7. The summed E-state index contributed by atoms with van der Waals surface area (Å²) < 4.78 is 54.6. The molecule has 8 nitrogen and oxygen atoms in total. The highest BCUT2D eigenvalue weighted by molar-refractivity contribution is 7.92. The van der Waals surface area contributed by atoms with Gasteiger partial charge < -0.3 is 5.32 Å². The first-order valence-corrected chi connectivity index (χ1v) is 10.2. The van der Waals surface area contributed by atoms with Gasteiger partial charge in [0.1, 0.15) is 11.4 Å². The number of sulfonamides is 1. The zero-order valence-corrected chi connectivity index (χ0v) is 16.1. The van der Waals surface area contributed by atoms with Crippen LogP contribution in [-0.2, 0) is 10.0 Å². The third-order valence-corrected chi connectivity index (χ3v) is 5.43. The van der Waals surface area contributed by atoms with E-state index in [1.54, 1.807) is 6.92 Å². The van der Waals surface area contributed by atoms with Crippen molar-refractivity contribution in [1.29, 1.82) is 0 Å². The number of aromatic amines is 1. The van der Waals surface area contributed by atoms with Crippen molar-refractivity contribution < 1.29 is 22.0 Å². The fourth-order valence-electron chi connectivity index (χ4n) is 2.67. The molecule has 1 aromatic carbocycles. The second-order valence-electron chi connectivity index (χ2n) is 6.09. The summed E-state index contributed by atoms with van der Waals surface area (Å²) in [5, 5.41) is 9.57. The minimum Gasteiger partial charge on any atom is -0.320 e. The number of nitrogens with zero attached hydrogens (tertiary/aromatic N) is 2. The van der Waals surface area contributed by atoms with Gasteiger partial charge in [0.25, 0.3) is 5.91 Å². The van der Waals surface area contributed by atoms with Crippen LogP contribution in [0.2, 0.25) is 0 Å². The molecule has 2 aromatic heterocycles. The molecule has 0 saturated heterocycles. The number of amides is 1. The largest absolute Gasteiger partial charge is 0.320 e. The molecule has 0 aliphatic rings. The second-order valence-corrected chi connectivity index (χ2v) is 7.93. The van der Waals surface area contributed by atoms with Gasteiger partial charge in [-0.15, -0.1) is 0 Å². The Morgan fingerprint density at radius 1 is 1.34 bits per heavy atom. The molecule has 1 amide bonds. The van der Waals surface area contributed by atoms with Gasteiger partial charge in [-0.25, -0.2) is 22.2 Å². The van der Waals surface area contributed by atoms with Crippen LogP contribution in [0.5, 0.6) is 0 Å². The predicted molar refractivity (Wildman–Crippen MR) is 106 cm³/mol. The van der Waals surface area contributed by atoms with Crippen molar-refractivity contribution in [3.8, 4) is 0 Å². The van der Waals surface area contributed by atoms with Crippen LogP contribution in [-0.4, -0.2) is 35.3 Å². The van der Waals surface area contributed by atoms with Crippen LogP contribution >= 0.6 is 0 Å². The Hall–Kier alpha value is -3.34. The third-order valence-electron chi connectivity index (χ3n) is 3.95. The molecule has 3 aromatic rings. The van der Waals surface area contributed by atoms with Crippen LogP contribution < -0.4 is 10.0 Å². The van der Waals surface area contributed by atoms with E-state index in [0.717, 1.165) is 12.1 Å². The van der Waals surface area contributed by atoms with E-state index in [9.17, 15) is 22.0 Å². The van der Waals surface area contributed by atoms with Crippen LogP contribution in [0.25, 0.3) is 17.1 Å². The molecule has 3 N–H and O–H groups in total. The van der Waals surface area contributed by atoms with Gasteiger partial charge in [-0.2, -0.15) is 5.10 Å². The highest BCUT2D eigenvalue weighted by Gasteiger charge is 2.23. The fraction of sp³-hybridized carbons (Fsp3) is 0.167. The number of carbonyl (C=O) groups is 1. The van der Waals surface area contributed by atoms with Crippen LogP contribution in [0.3, 0.4) is 0 Å². The van der Waals surface area contributed by atoms with Crippen molar-refractivity contribution in [3.63, 3.8) is 0 Å². The minimum atomic E-state index is -3.82. The van der Waals surface area contributed by atoms with Gasteiger partial charge in [0.2, 0.25) is 10.0 Å². The number of nitrogens with one attached hydrogen (secondary N) is 3. The average molecular weight is 421 g/mol. The molecule has 152 valence electrons. The van der Waals surface area contributed by atoms with Gasteiger partial charge in [0.15, 0.2) is 11.5 Å². The number of H-pyrrole nitrogens is 1. The Labute approximate surface area is 165 Å². The maximum absolute atomic E-state index is 14.7. The van der Waals surface area contributed by atoms with Crippen LogP contribution in [0.1, 0.15) is 29.4 Å². The number of fused-ring (bicyclic) bond motifs is 1. The molecule has 0 bridgehead atoms. The first-order chi connectivity index (χ1) is 13.8. The molecule has 0 fully saturated rings. The van der Waals surface area contributed by atoms with E-state index < -0.39 is 38.8 Å². The van der Waals surface area contributed by atoms with E-state index in [4.69, 9.17) is 0 Å². The molecule has 0 aliphatic heterocycles. The maximum Gasteiger partial charge on any atom is 0.261 e. The summed E-state index contributed by atoms with van der Waals surface area (Å²) in [6.07, 6.45) is 3.08. The summed E-state index contributed by atoms with van der Waals surface area (Å²) in [4.78, 5) is 16.6. The summed E-state index contributed by atoms with van der Waals surface area (Å²) in [7, 11) is -3.82. The number of aromatic nitrogens is 3. The number of carbonyl (C=O) groups excluding carboxylic acids is 1. The molecule has 29 heavy (non-hydrogen) atoms. The summed E-state index contributed by atoms with van der Waals surface area (Å²) in [6, 6.07) is 3.25. The molecular weight excluding hydrogens is 404 g/mol. The minimum absolute atomic E-state index is 0.169. The Morgan fingerprint density at radius 2 is 2.10 bits per heavy atom. The Kier molecular flexibility index (Phi) is 5.59. The molecule has 0 atom stereocenters. The lowest BCUT2D eigenvalue weighted by molar-refractivity contribution is 0.101. The molecule has 0 spiro atoms. The Balaban J connectivity index is 1.93. The quantitative estimate of drug-likeness (QED) is 0.541. The standard InChI is InChI=1S/C18H17F2N5O3S/c1-3-7-29(27,28)25-14-6-5-12(19)15(16(14)20)18(26)22-10-8-11-13(4-2)23-24-17(11)21-9-10/h4-6,8-9,25H,2-3,7H2,1H3,(H,22,26)(H,21,23,24). The molecule has 11 heteroatoms. The van der Waals surface area contributed by atoms with E-state index in [1.165, 1.54) is 18.3 Å². The van der Waals surface area contributed by atoms with E-state index in [1.807, 2.05) is 4.72 Å². The predicted octanol–water partition coefficient (Wildman–Crippen LogP) is 3.28. The number of benzene rings is 1. The smallest absolute Gasteiger partial charge is 0.261 e. The lowest BCUT2D eigenvalue weighted by Crippen LogP contribution is -2.20. The van der Waals surface area contributed by atoms with Gasteiger partial charge in [-0.1, -0.05) is 13.5 Å². The first-order valence-electron chi connectivity index (χ1n) is 8.52. The number of halogens is 2. The van der Waals surface area contributed by atoms with E-state index in [2.05, 4.69) is 27.1 Å². The van der Waals surface area contributed by atoms with Crippen molar-refractivity contribution >= 4 is 44.4 Å². The fourth-order valence-corrected chi connectivity index (χ4v) is 3.80. The maximum atomic E-state index is 14.7. The number of anilines is 2. The highest BCUT2D eigenvalue weighted by atomic mass is 32.2. The third kappa shape index (κ3) is 4.24. The van der Waals surface area contributed by atoms with Gasteiger partial charge in [-0.3, -0.25) is 14.6 Å². The van der Waals surface area contributed by atoms with Crippen molar-refractivity contribution in [2.75, 3.05) is 15.8 Å². The summed E-state index contributed by atoms with van der Waals surface area (Å²) in [5.41, 5.74) is -0.320. The van der Waals surface area contributed by atoms with Crippen molar-refractivity contribution in [1.82, 2.24) is 15.2 Å². The Morgan fingerprint density at radius 3 is 2.79 bits per heavy atom. The van der Waals surface area contributed by atoms with Gasteiger partial charge in [0, 0.05) is 5.39 Å². The van der Waals surface area contributed by atoms with E-state index in [-0.39, 0.29) is 11.4 Å². The number of hydrogen-bond donors (Lipinski definition) is 3. The van der Waals surface area contributed by atoms with E-state index in [0.29, 0.717) is 23.1 Å². The average Bonchev–Trinajstić information content (AvgIpc) is 3.06. The summed E-state index contributed by atoms with van der Waals surface area (Å²) in [6.45, 7) is 5.25. The molecule has 0 radical (unpaired) electrons. The van der Waals surface area contributed by atoms with E-state index >= 15 is 0 Å². The zero-order chi connectivity index (χ0) is 21.2. The summed E-state index contributed by atoms with van der Waals surface area (Å²) >= 11 is 0. The van der Waals surface area contributed by atoms with Gasteiger partial charge >= 0.3 is 0 Å². The zero-order valence-electron chi connectivity index (χ0n) is 15.3. The summed E-state index contributed by atoms with van der Waals surface area (Å²) in [5.74, 6) is -3.79. The second kappa shape index (κ2) is 7.95. The van der Waals surface area contributed by atoms with Crippen LogP contribution in [0.15, 0.2) is 31.0 Å². The molecule has 2 heterocycles. The van der Waals surface area contributed by atoms with Gasteiger partial charge in [-0.05, 0) is 30.7 Å².